The van der Waals surface area contributed by atoms with E-state index in [2.05, 4.69) is 10.3 Å². The minimum Gasteiger partial charge on any atom is -0.317 e. The van der Waals surface area contributed by atoms with Gasteiger partial charge < -0.3 is 10.2 Å². The van der Waals surface area contributed by atoms with Gasteiger partial charge in [0.25, 0.3) is 0 Å². The first-order valence-electron chi connectivity index (χ1n) is 6.94. The smallest absolute Gasteiger partial charge is 0.317 e. The normalized spacial score (nSPS) is 13.8. The Morgan fingerprint density at radius 3 is 2.86 bits per heavy atom. The molecule has 1 fully saturated rings. The molecule has 1 N–H and O–H groups in total. The van der Waals surface area contributed by atoms with E-state index in [1.54, 1.807) is 24.5 Å². The van der Waals surface area contributed by atoms with Gasteiger partial charge in [0.05, 0.1) is 0 Å². The number of rotatable bonds is 4. The van der Waals surface area contributed by atoms with Crippen LogP contribution in [0.5, 0.6) is 0 Å². The minimum absolute atomic E-state index is 0.0939. The molecule has 0 aliphatic heterocycles. The molecule has 0 radical (unpaired) electrons. The van der Waals surface area contributed by atoms with E-state index in [4.69, 9.17) is 11.6 Å². The van der Waals surface area contributed by atoms with Crippen molar-refractivity contribution >= 4 is 23.3 Å². The molecular weight excluding hydrogens is 286 g/mol. The molecule has 1 aliphatic rings. The molecule has 0 spiro atoms. The highest BCUT2D eigenvalue weighted by Crippen LogP contribution is 2.29. The van der Waals surface area contributed by atoms with Gasteiger partial charge in [0, 0.05) is 35.7 Å². The summed E-state index contributed by atoms with van der Waals surface area (Å²) in [4.78, 5) is 18.4. The second kappa shape index (κ2) is 6.14. The van der Waals surface area contributed by atoms with Gasteiger partial charge in [0.15, 0.2) is 0 Å². The molecule has 1 aliphatic carbocycles. The van der Waals surface area contributed by atoms with Crippen LogP contribution >= 0.6 is 11.6 Å². The van der Waals surface area contributed by atoms with Gasteiger partial charge in [-0.15, -0.1) is 0 Å². The number of amides is 2. The van der Waals surface area contributed by atoms with E-state index in [1.807, 2.05) is 29.2 Å². The number of anilines is 1. The molecule has 0 saturated heterocycles. The molecule has 2 aromatic rings. The van der Waals surface area contributed by atoms with E-state index in [1.165, 1.54) is 0 Å². The van der Waals surface area contributed by atoms with E-state index in [0.717, 1.165) is 18.4 Å². The predicted molar refractivity (Wildman–Crippen MR) is 83.3 cm³/mol. The van der Waals surface area contributed by atoms with E-state index in [9.17, 15) is 4.79 Å². The molecule has 2 amide bonds. The first-order chi connectivity index (χ1) is 10.2. The van der Waals surface area contributed by atoms with Gasteiger partial charge in [-0.3, -0.25) is 4.98 Å². The van der Waals surface area contributed by atoms with E-state index >= 15 is 0 Å². The lowest BCUT2D eigenvalue weighted by Gasteiger charge is -2.23. The molecule has 0 atom stereocenters. The number of carbonyl (C=O) groups excluding carboxylic acids is 1. The SMILES string of the molecule is O=C(Nc1cccc(Cl)c1)N(Cc1cccnc1)C1CC1. The van der Waals surface area contributed by atoms with Gasteiger partial charge >= 0.3 is 6.03 Å². The lowest BCUT2D eigenvalue weighted by molar-refractivity contribution is 0.206. The number of nitrogens with zero attached hydrogens (tertiary/aromatic N) is 2. The Bertz CT molecular complexity index is 628. The Morgan fingerprint density at radius 1 is 1.33 bits per heavy atom. The summed E-state index contributed by atoms with van der Waals surface area (Å²) in [6.07, 6.45) is 5.64. The minimum atomic E-state index is -0.0939. The van der Waals surface area contributed by atoms with Crippen molar-refractivity contribution in [2.75, 3.05) is 5.32 Å². The maximum atomic E-state index is 12.5. The van der Waals surface area contributed by atoms with Crippen LogP contribution in [0.3, 0.4) is 0 Å². The summed E-state index contributed by atoms with van der Waals surface area (Å²) in [6, 6.07) is 11.3. The molecule has 4 nitrogen and oxygen atoms in total. The highest BCUT2D eigenvalue weighted by Gasteiger charge is 2.32. The lowest BCUT2D eigenvalue weighted by Crippen LogP contribution is -2.36. The zero-order chi connectivity index (χ0) is 14.7. The quantitative estimate of drug-likeness (QED) is 0.930. The van der Waals surface area contributed by atoms with Crippen molar-refractivity contribution in [1.29, 1.82) is 0 Å². The van der Waals surface area contributed by atoms with Crippen LogP contribution < -0.4 is 5.32 Å². The van der Waals surface area contributed by atoms with Crippen molar-refractivity contribution in [2.24, 2.45) is 0 Å². The summed E-state index contributed by atoms with van der Waals surface area (Å²) >= 11 is 5.94. The van der Waals surface area contributed by atoms with Crippen LogP contribution in [-0.2, 0) is 6.54 Å². The maximum Gasteiger partial charge on any atom is 0.322 e. The Morgan fingerprint density at radius 2 is 2.19 bits per heavy atom. The van der Waals surface area contributed by atoms with Crippen LogP contribution in [-0.4, -0.2) is 22.0 Å². The predicted octanol–water partition coefficient (Wildman–Crippen LogP) is 3.93. The van der Waals surface area contributed by atoms with Crippen molar-refractivity contribution in [3.05, 3.63) is 59.4 Å². The molecule has 1 saturated carbocycles. The molecule has 21 heavy (non-hydrogen) atoms. The second-order valence-electron chi connectivity index (χ2n) is 5.16. The Hall–Kier alpha value is -2.07. The number of aromatic nitrogens is 1. The van der Waals surface area contributed by atoms with Gasteiger partial charge in [-0.25, -0.2) is 4.79 Å². The molecule has 3 rings (SSSR count). The van der Waals surface area contributed by atoms with Gasteiger partial charge in [0.1, 0.15) is 0 Å². The van der Waals surface area contributed by atoms with Crippen LogP contribution in [0, 0.1) is 0 Å². The zero-order valence-corrected chi connectivity index (χ0v) is 12.3. The number of hydrogen-bond acceptors (Lipinski definition) is 2. The number of pyridine rings is 1. The van der Waals surface area contributed by atoms with Gasteiger partial charge in [0.2, 0.25) is 0 Å². The third-order valence-corrected chi connectivity index (χ3v) is 3.64. The second-order valence-corrected chi connectivity index (χ2v) is 5.60. The van der Waals surface area contributed by atoms with E-state index in [0.29, 0.717) is 23.3 Å². The van der Waals surface area contributed by atoms with Crippen molar-refractivity contribution in [3.8, 4) is 0 Å². The number of hydrogen-bond donors (Lipinski definition) is 1. The van der Waals surface area contributed by atoms with Gasteiger partial charge in [-0.05, 0) is 42.7 Å². The van der Waals surface area contributed by atoms with Crippen molar-refractivity contribution in [2.45, 2.75) is 25.4 Å². The Labute approximate surface area is 128 Å². The maximum absolute atomic E-state index is 12.5. The summed E-state index contributed by atoms with van der Waals surface area (Å²) in [5.74, 6) is 0. The third kappa shape index (κ3) is 3.73. The topological polar surface area (TPSA) is 45.2 Å². The molecular formula is C16H16ClN3O. The van der Waals surface area contributed by atoms with Crippen molar-refractivity contribution in [1.82, 2.24) is 9.88 Å². The molecule has 5 heteroatoms. The van der Waals surface area contributed by atoms with Crippen LogP contribution in [0.15, 0.2) is 48.8 Å². The number of carbonyl (C=O) groups is 1. The molecule has 1 aromatic heterocycles. The van der Waals surface area contributed by atoms with E-state index in [-0.39, 0.29) is 6.03 Å². The fourth-order valence-electron chi connectivity index (χ4n) is 2.20. The molecule has 1 heterocycles. The van der Waals surface area contributed by atoms with E-state index < -0.39 is 0 Å². The zero-order valence-electron chi connectivity index (χ0n) is 11.5. The monoisotopic (exact) mass is 301 g/mol. The van der Waals surface area contributed by atoms with Gasteiger partial charge in [-0.1, -0.05) is 23.7 Å². The third-order valence-electron chi connectivity index (χ3n) is 3.40. The number of nitrogens with one attached hydrogen (secondary N) is 1. The molecule has 108 valence electrons. The molecule has 0 bridgehead atoms. The first-order valence-corrected chi connectivity index (χ1v) is 7.32. The number of halogens is 1. The van der Waals surface area contributed by atoms with Crippen LogP contribution in [0.2, 0.25) is 5.02 Å². The highest BCUT2D eigenvalue weighted by atomic mass is 35.5. The summed E-state index contributed by atoms with van der Waals surface area (Å²) in [6.45, 7) is 0.574. The van der Waals surface area contributed by atoms with Gasteiger partial charge in [-0.2, -0.15) is 0 Å². The average molecular weight is 302 g/mol. The fraction of sp³-hybridized carbons (Fsp3) is 0.250. The number of benzene rings is 1. The van der Waals surface area contributed by atoms with Crippen LogP contribution in [0.4, 0.5) is 10.5 Å². The molecule has 1 aromatic carbocycles. The van der Waals surface area contributed by atoms with Crippen LogP contribution in [0.25, 0.3) is 0 Å². The first kappa shape index (κ1) is 13.9. The highest BCUT2D eigenvalue weighted by molar-refractivity contribution is 6.30. The summed E-state index contributed by atoms with van der Waals surface area (Å²) in [5.41, 5.74) is 1.75. The number of urea groups is 1. The van der Waals surface area contributed by atoms with Crippen molar-refractivity contribution < 1.29 is 4.79 Å². The fourth-order valence-corrected chi connectivity index (χ4v) is 2.39. The standard InChI is InChI=1S/C16H16ClN3O/c17-13-4-1-5-14(9-13)19-16(21)20(15-6-7-15)11-12-3-2-8-18-10-12/h1-5,8-10,15H,6-7,11H2,(H,19,21). The summed E-state index contributed by atoms with van der Waals surface area (Å²) in [5, 5.41) is 3.52. The Kier molecular flexibility index (Phi) is 4.06. The average Bonchev–Trinajstić information content (AvgIpc) is 3.30. The Balaban J connectivity index is 1.70. The summed E-state index contributed by atoms with van der Waals surface area (Å²) < 4.78 is 0. The van der Waals surface area contributed by atoms with Crippen LogP contribution in [0.1, 0.15) is 18.4 Å². The molecule has 0 unspecified atom stereocenters. The lowest BCUT2D eigenvalue weighted by atomic mass is 10.2. The largest absolute Gasteiger partial charge is 0.322 e. The van der Waals surface area contributed by atoms with Crippen molar-refractivity contribution in [3.63, 3.8) is 0 Å². The summed E-state index contributed by atoms with van der Waals surface area (Å²) in [7, 11) is 0.